The van der Waals surface area contributed by atoms with E-state index in [1.807, 2.05) is 0 Å². The summed E-state index contributed by atoms with van der Waals surface area (Å²) in [6, 6.07) is 0. The molecule has 0 aromatic heterocycles. The number of unbranched alkanes of at least 4 members (excludes halogenated alkanes) is 1. The molecular weight excluding hydrogens is 171 g/mol. The Hall–Kier alpha value is 0.0700. The maximum Gasteiger partial charge on any atom is 0.471 e. The zero-order chi connectivity index (χ0) is 8.74. The van der Waals surface area contributed by atoms with E-state index in [0.29, 0.717) is 12.8 Å². The van der Waals surface area contributed by atoms with Crippen LogP contribution in [-0.4, -0.2) is 30.3 Å². The van der Waals surface area contributed by atoms with Gasteiger partial charge in [0.05, 0.1) is 6.61 Å². The van der Waals surface area contributed by atoms with Gasteiger partial charge in [0.25, 0.3) is 0 Å². The van der Waals surface area contributed by atoms with Crippen molar-refractivity contribution in [3.8, 4) is 0 Å². The Morgan fingerprint density at radius 1 is 1.45 bits per heavy atom. The minimum atomic E-state index is -3.80. The predicted molar refractivity (Wildman–Crippen MR) is 39.1 cm³/mol. The molecular formula is C5H13O5P. The Balaban J connectivity index is 3.31. The fourth-order valence-corrected chi connectivity index (χ4v) is 0.912. The molecule has 0 amide bonds. The van der Waals surface area contributed by atoms with E-state index >= 15 is 0 Å². The van der Waals surface area contributed by atoms with Gasteiger partial charge in [-0.1, -0.05) is 0 Å². The zero-order valence-corrected chi connectivity index (χ0v) is 7.29. The molecule has 11 heavy (non-hydrogen) atoms. The van der Waals surface area contributed by atoms with E-state index in [1.165, 1.54) is 0 Å². The summed E-state index contributed by atoms with van der Waals surface area (Å²) < 4.78 is 19.2. The van der Waals surface area contributed by atoms with Crippen molar-refractivity contribution < 1.29 is 23.6 Å². The fourth-order valence-electron chi connectivity index (χ4n) is 0.446. The molecule has 0 bridgehead atoms. The largest absolute Gasteiger partial charge is 0.471 e. The monoisotopic (exact) mass is 184 g/mol. The molecule has 0 fully saturated rings. The van der Waals surface area contributed by atoms with Crippen molar-refractivity contribution in [2.24, 2.45) is 0 Å². The highest BCUT2D eigenvalue weighted by Gasteiger charge is 2.16. The Kier molecular flexibility index (Phi) is 5.72. The number of aliphatic hydroxyl groups is 1. The molecule has 5 nitrogen and oxygen atoms in total. The molecule has 2 N–H and O–H groups in total. The van der Waals surface area contributed by atoms with E-state index in [4.69, 9.17) is 10.00 Å². The number of phosphoric ester groups is 1. The van der Waals surface area contributed by atoms with Crippen LogP contribution in [0.15, 0.2) is 0 Å². The van der Waals surface area contributed by atoms with E-state index in [-0.39, 0.29) is 13.2 Å². The van der Waals surface area contributed by atoms with Crippen LogP contribution < -0.4 is 0 Å². The van der Waals surface area contributed by atoms with Gasteiger partial charge in [-0.15, -0.1) is 0 Å². The number of phosphoric acid groups is 1. The summed E-state index contributed by atoms with van der Waals surface area (Å²) in [7, 11) is -2.69. The van der Waals surface area contributed by atoms with Crippen molar-refractivity contribution in [1.82, 2.24) is 0 Å². The van der Waals surface area contributed by atoms with E-state index in [1.54, 1.807) is 0 Å². The fraction of sp³-hybridized carbons (Fsp3) is 1.00. The van der Waals surface area contributed by atoms with E-state index in [2.05, 4.69) is 9.05 Å². The summed E-state index contributed by atoms with van der Waals surface area (Å²) in [6.07, 6.45) is 1.11. The molecule has 0 aliphatic heterocycles. The lowest BCUT2D eigenvalue weighted by Gasteiger charge is -2.07. The summed E-state index contributed by atoms with van der Waals surface area (Å²) in [4.78, 5) is 8.67. The molecule has 1 unspecified atom stereocenters. The van der Waals surface area contributed by atoms with E-state index in [0.717, 1.165) is 7.11 Å². The maximum absolute atomic E-state index is 10.6. The molecule has 0 radical (unpaired) electrons. The SMILES string of the molecule is COP(=O)(O)OCCCCO. The van der Waals surface area contributed by atoms with Gasteiger partial charge in [0.1, 0.15) is 0 Å². The van der Waals surface area contributed by atoms with E-state index < -0.39 is 7.82 Å². The molecule has 0 aromatic carbocycles. The van der Waals surface area contributed by atoms with Crippen molar-refractivity contribution in [1.29, 1.82) is 0 Å². The Morgan fingerprint density at radius 3 is 2.55 bits per heavy atom. The highest BCUT2D eigenvalue weighted by atomic mass is 31.2. The Morgan fingerprint density at radius 2 is 2.09 bits per heavy atom. The van der Waals surface area contributed by atoms with Gasteiger partial charge in [-0.2, -0.15) is 0 Å². The van der Waals surface area contributed by atoms with Crippen LogP contribution in [0.4, 0.5) is 0 Å². The lowest BCUT2D eigenvalue weighted by molar-refractivity contribution is 0.166. The molecule has 0 aromatic rings. The average Bonchev–Trinajstić information content (AvgIpc) is 1.99. The number of rotatable bonds is 6. The first-order valence-corrected chi connectivity index (χ1v) is 4.76. The standard InChI is InChI=1S/C5H13O5P/c1-9-11(7,8)10-5-3-2-4-6/h6H,2-5H2,1H3,(H,7,8). The number of hydrogen-bond acceptors (Lipinski definition) is 4. The van der Waals surface area contributed by atoms with Crippen LogP contribution in [0.5, 0.6) is 0 Å². The number of aliphatic hydroxyl groups excluding tert-OH is 1. The molecule has 1 atom stereocenters. The van der Waals surface area contributed by atoms with Gasteiger partial charge >= 0.3 is 7.82 Å². The molecule has 0 rings (SSSR count). The second kappa shape index (κ2) is 5.69. The summed E-state index contributed by atoms with van der Waals surface area (Å²) >= 11 is 0. The minimum absolute atomic E-state index is 0.0616. The predicted octanol–water partition coefficient (Wildman–Crippen LogP) is 0.522. The summed E-state index contributed by atoms with van der Waals surface area (Å²) in [6.45, 7) is 0.189. The molecule has 0 heterocycles. The van der Waals surface area contributed by atoms with Crippen LogP contribution in [0.25, 0.3) is 0 Å². The molecule has 0 saturated heterocycles. The van der Waals surface area contributed by atoms with Gasteiger partial charge in [0.15, 0.2) is 0 Å². The molecule has 0 spiro atoms. The first-order chi connectivity index (χ1) is 5.12. The molecule has 0 aliphatic rings. The van der Waals surface area contributed by atoms with Crippen LogP contribution >= 0.6 is 7.82 Å². The second-order valence-corrected chi connectivity index (χ2v) is 3.48. The smallest absolute Gasteiger partial charge is 0.396 e. The third kappa shape index (κ3) is 6.47. The van der Waals surface area contributed by atoms with Crippen molar-refractivity contribution >= 4 is 7.82 Å². The van der Waals surface area contributed by atoms with Crippen molar-refractivity contribution in [2.75, 3.05) is 20.3 Å². The lowest BCUT2D eigenvalue weighted by atomic mass is 10.3. The quantitative estimate of drug-likeness (QED) is 0.465. The maximum atomic E-state index is 10.6. The van der Waals surface area contributed by atoms with Crippen LogP contribution in [0.3, 0.4) is 0 Å². The normalized spacial score (nSPS) is 16.3. The first-order valence-electron chi connectivity index (χ1n) is 3.26. The third-order valence-corrected chi connectivity index (χ3v) is 2.01. The second-order valence-electron chi connectivity index (χ2n) is 1.92. The highest BCUT2D eigenvalue weighted by molar-refractivity contribution is 7.47. The van der Waals surface area contributed by atoms with E-state index in [9.17, 15) is 4.57 Å². The molecule has 68 valence electrons. The Bertz CT molecular complexity index is 137. The van der Waals surface area contributed by atoms with Crippen LogP contribution in [0.2, 0.25) is 0 Å². The summed E-state index contributed by atoms with van der Waals surface area (Å²) in [5.74, 6) is 0. The molecule has 0 saturated carbocycles. The van der Waals surface area contributed by atoms with Gasteiger partial charge in [0.2, 0.25) is 0 Å². The number of hydrogen-bond donors (Lipinski definition) is 2. The zero-order valence-electron chi connectivity index (χ0n) is 6.39. The van der Waals surface area contributed by atoms with Gasteiger partial charge < -0.3 is 10.00 Å². The molecule has 0 aliphatic carbocycles. The summed E-state index contributed by atoms with van der Waals surface area (Å²) in [5.41, 5.74) is 0. The van der Waals surface area contributed by atoms with Crippen molar-refractivity contribution in [3.05, 3.63) is 0 Å². The van der Waals surface area contributed by atoms with Gasteiger partial charge in [-0.3, -0.25) is 9.05 Å². The first kappa shape index (κ1) is 11.1. The van der Waals surface area contributed by atoms with Crippen LogP contribution in [-0.2, 0) is 13.6 Å². The van der Waals surface area contributed by atoms with Crippen molar-refractivity contribution in [2.45, 2.75) is 12.8 Å². The highest BCUT2D eigenvalue weighted by Crippen LogP contribution is 2.41. The lowest BCUT2D eigenvalue weighted by Crippen LogP contribution is -1.95. The summed E-state index contributed by atoms with van der Waals surface area (Å²) in [5, 5.41) is 8.33. The van der Waals surface area contributed by atoms with Gasteiger partial charge in [-0.05, 0) is 12.8 Å². The van der Waals surface area contributed by atoms with Crippen LogP contribution in [0.1, 0.15) is 12.8 Å². The van der Waals surface area contributed by atoms with Gasteiger partial charge in [-0.25, -0.2) is 4.57 Å². The van der Waals surface area contributed by atoms with Crippen LogP contribution in [0, 0.1) is 0 Å². The minimum Gasteiger partial charge on any atom is -0.396 e. The Labute approximate surface area is 65.6 Å². The topological polar surface area (TPSA) is 76.0 Å². The average molecular weight is 184 g/mol. The third-order valence-electron chi connectivity index (χ3n) is 1.04. The molecule has 6 heteroatoms. The van der Waals surface area contributed by atoms with Gasteiger partial charge in [0, 0.05) is 13.7 Å². The van der Waals surface area contributed by atoms with Crippen molar-refractivity contribution in [3.63, 3.8) is 0 Å².